The number of aliphatic hydroxyl groups is 8. The summed E-state index contributed by atoms with van der Waals surface area (Å²) in [6.07, 6.45) is -14.2. The third-order valence-electron chi connectivity index (χ3n) is 19.1. The van der Waals surface area contributed by atoms with E-state index in [2.05, 4.69) is 33.8 Å². The molecule has 4 saturated carbocycles. The molecule has 5 aliphatic carbocycles. The number of carboxylic acids is 1. The van der Waals surface area contributed by atoms with Gasteiger partial charge in [-0.3, -0.25) is 4.79 Å². The summed E-state index contributed by atoms with van der Waals surface area (Å²) in [5.41, 5.74) is -3.78. The maximum atomic E-state index is 13.6. The molecule has 0 spiro atoms. The summed E-state index contributed by atoms with van der Waals surface area (Å²) in [4.78, 5) is 39.4. The number of carbonyl (C=O) groups is 3. The Hall–Kier alpha value is -2.39. The van der Waals surface area contributed by atoms with Crippen LogP contribution in [0.2, 0.25) is 0 Å². The topological polar surface area (TPSA) is 279 Å². The number of aliphatic hydroxyl groups excluding tert-OH is 8. The smallest absolute Gasteiger partial charge is 0.335 e. The number of Topliss-reactive ketones (excluding diaryl/α,β-unsaturated/α-hetero) is 1. The number of carboxylic acid groups (broad SMARTS) is 1. The number of rotatable bonds is 9. The molecule has 17 nitrogen and oxygen atoms in total. The molecule has 0 amide bonds. The normalized spacial score (nSPS) is 51.0. The molecule has 7 aliphatic rings. The summed E-state index contributed by atoms with van der Waals surface area (Å²) < 4.78 is 30.4. The second-order valence-corrected chi connectivity index (χ2v) is 23.0. The van der Waals surface area contributed by atoms with Crippen LogP contribution in [0.1, 0.15) is 115 Å². The number of hydrogen-bond donors (Lipinski definition) is 9. The van der Waals surface area contributed by atoms with Crippen LogP contribution in [-0.2, 0) is 38.1 Å². The first kappa shape index (κ1) is 51.5. The van der Waals surface area contributed by atoms with Crippen molar-refractivity contribution in [3.63, 3.8) is 0 Å². The van der Waals surface area contributed by atoms with E-state index >= 15 is 0 Å². The van der Waals surface area contributed by atoms with Gasteiger partial charge in [-0.1, -0.05) is 66.2 Å². The summed E-state index contributed by atoms with van der Waals surface area (Å²) in [5.74, 6) is -3.95. The van der Waals surface area contributed by atoms with Gasteiger partial charge in [0.15, 0.2) is 18.7 Å². The number of fused-ring (bicyclic) bond motifs is 7. The maximum absolute atomic E-state index is 13.6. The molecule has 0 radical (unpaired) electrons. The minimum Gasteiger partial charge on any atom is -0.479 e. The molecule has 0 bridgehead atoms. The number of carbonyl (C=O) groups excluding carboxylic acids is 2. The third-order valence-corrected chi connectivity index (χ3v) is 19.1. The highest BCUT2D eigenvalue weighted by molar-refractivity contribution is 5.88. The molecular formula is C49H76O17. The van der Waals surface area contributed by atoms with E-state index in [1.807, 2.05) is 20.8 Å². The molecule has 6 fully saturated rings. The molecule has 66 heavy (non-hydrogen) atoms. The summed E-state index contributed by atoms with van der Waals surface area (Å²) in [6.45, 7) is 20.1. The van der Waals surface area contributed by atoms with Gasteiger partial charge < -0.3 is 69.6 Å². The average molecular weight is 937 g/mol. The van der Waals surface area contributed by atoms with Crippen molar-refractivity contribution in [3.05, 3.63) is 23.3 Å². The highest BCUT2D eigenvalue weighted by Crippen LogP contribution is 2.76. The first-order valence-electron chi connectivity index (χ1n) is 23.8. The molecule has 0 aromatic heterocycles. The number of aliphatic carboxylic acids is 1. The minimum atomic E-state index is -1.96. The molecule has 7 rings (SSSR count). The van der Waals surface area contributed by atoms with Gasteiger partial charge >= 0.3 is 11.9 Å². The summed E-state index contributed by atoms with van der Waals surface area (Å²) in [6, 6.07) is 0. The molecule has 2 heterocycles. The van der Waals surface area contributed by atoms with E-state index in [1.165, 1.54) is 13.8 Å². The van der Waals surface area contributed by atoms with E-state index in [4.69, 9.17) is 23.7 Å². The van der Waals surface area contributed by atoms with Crippen molar-refractivity contribution in [2.24, 2.45) is 56.2 Å². The van der Waals surface area contributed by atoms with E-state index < -0.39 is 143 Å². The van der Waals surface area contributed by atoms with Gasteiger partial charge in [0, 0.05) is 11.0 Å². The molecule has 374 valence electrons. The van der Waals surface area contributed by atoms with Crippen molar-refractivity contribution in [2.75, 3.05) is 6.61 Å². The van der Waals surface area contributed by atoms with Crippen LogP contribution < -0.4 is 0 Å². The van der Waals surface area contributed by atoms with Gasteiger partial charge in [-0.2, -0.15) is 0 Å². The standard InChI is InChI=1S/C49H76O17/c1-12-21(2)41(61)66-39-29(22(3)51)44(5,6)19-25-24-13-14-27-46(9)17-16-28(45(7,8)26(46)15-18-47(27,10)48(24,11)37(57)38(58)49(25,39)20-50)63-43-36(33(55)32(54)35(64-43)40(59)60)65-42-34(56)31(53)30(52)23(4)62-42/h12-13,23,25-39,42-43,50,52-58H,14-20H2,1-11H3,(H,59,60)/b21-12-/t23-,25-,26-,27+,28-,29-,30-,31+,32-,33-,34+,35-,36+,37-,38+,39-,42-,43+,46-,47+,48-,49-/m0/s1. The van der Waals surface area contributed by atoms with Crippen LogP contribution >= 0.6 is 0 Å². The molecular weight excluding hydrogens is 861 g/mol. The fraction of sp³-hybridized carbons (Fsp3) is 0.857. The first-order valence-corrected chi connectivity index (χ1v) is 23.8. The van der Waals surface area contributed by atoms with Crippen LogP contribution in [0.25, 0.3) is 0 Å². The Labute approximate surface area is 387 Å². The Morgan fingerprint density at radius 1 is 0.803 bits per heavy atom. The first-order chi connectivity index (χ1) is 30.5. The van der Waals surface area contributed by atoms with Crippen LogP contribution in [-0.4, -0.2) is 156 Å². The number of ketones is 1. The van der Waals surface area contributed by atoms with Crippen molar-refractivity contribution in [1.82, 2.24) is 0 Å². The third kappa shape index (κ3) is 7.34. The van der Waals surface area contributed by atoms with Crippen molar-refractivity contribution < 1.29 is 84.0 Å². The number of ether oxygens (including phenoxy) is 5. The summed E-state index contributed by atoms with van der Waals surface area (Å²) in [5, 5.41) is 101. The molecule has 22 atom stereocenters. The van der Waals surface area contributed by atoms with E-state index in [9.17, 15) is 60.3 Å². The van der Waals surface area contributed by atoms with Crippen molar-refractivity contribution in [1.29, 1.82) is 0 Å². The Kier molecular flexibility index (Phi) is 13.6. The molecule has 0 unspecified atom stereocenters. The maximum Gasteiger partial charge on any atom is 0.335 e. The van der Waals surface area contributed by atoms with E-state index in [0.29, 0.717) is 44.1 Å². The fourth-order valence-electron chi connectivity index (χ4n) is 15.2. The molecule has 17 heteroatoms. The van der Waals surface area contributed by atoms with Gasteiger partial charge in [0.1, 0.15) is 48.5 Å². The zero-order valence-electron chi connectivity index (χ0n) is 40.3. The Bertz CT molecular complexity index is 1950. The van der Waals surface area contributed by atoms with E-state index in [0.717, 1.165) is 5.57 Å². The van der Waals surface area contributed by atoms with Crippen LogP contribution in [0.15, 0.2) is 23.3 Å². The number of esters is 1. The van der Waals surface area contributed by atoms with Crippen molar-refractivity contribution in [3.8, 4) is 0 Å². The Balaban J connectivity index is 1.22. The second kappa shape index (κ2) is 17.5. The van der Waals surface area contributed by atoms with Gasteiger partial charge in [-0.15, -0.1) is 0 Å². The lowest BCUT2D eigenvalue weighted by Gasteiger charge is -2.73. The summed E-state index contributed by atoms with van der Waals surface area (Å²) in [7, 11) is 0. The molecule has 9 N–H and O–H groups in total. The van der Waals surface area contributed by atoms with E-state index in [1.54, 1.807) is 19.9 Å². The quantitative estimate of drug-likeness (QED) is 0.0693. The Morgan fingerprint density at radius 2 is 1.45 bits per heavy atom. The van der Waals surface area contributed by atoms with Crippen LogP contribution in [0, 0.1) is 56.2 Å². The lowest BCUT2D eigenvalue weighted by Crippen LogP contribution is -2.76. The van der Waals surface area contributed by atoms with E-state index in [-0.39, 0.29) is 23.0 Å². The minimum absolute atomic E-state index is 0.0270. The van der Waals surface area contributed by atoms with Gasteiger partial charge in [-0.25, -0.2) is 9.59 Å². The zero-order chi connectivity index (χ0) is 49.2. The van der Waals surface area contributed by atoms with Crippen LogP contribution in [0.4, 0.5) is 0 Å². The fourth-order valence-corrected chi connectivity index (χ4v) is 15.2. The van der Waals surface area contributed by atoms with Crippen LogP contribution in [0.5, 0.6) is 0 Å². The molecule has 2 saturated heterocycles. The monoisotopic (exact) mass is 937 g/mol. The lowest BCUT2D eigenvalue weighted by molar-refractivity contribution is -0.372. The van der Waals surface area contributed by atoms with Crippen LogP contribution in [0.3, 0.4) is 0 Å². The van der Waals surface area contributed by atoms with Gasteiger partial charge in [0.2, 0.25) is 0 Å². The average Bonchev–Trinajstić information content (AvgIpc) is 3.23. The SMILES string of the molecule is C/C=C(/C)C(=O)O[C@H]1[C@H](C(C)=O)C(C)(C)C[C@H]2C3=CC[C@@H]4[C@@]5(C)CC[C@H](O[C@@H]6O[C@H](C(=O)O)[C@@H](O)[C@H](O)[C@H]6O[C@@H]6O[C@@H](C)[C@H](O)[C@@H](O)[C@H]6O)C(C)(C)[C@@H]5CC[C@@]4(C)[C@]3(C)[C@@H](O)[C@@H](O)[C@]21CO. The number of allylic oxidation sites excluding steroid dienone is 2. The predicted octanol–water partition coefficient (Wildman–Crippen LogP) is 2.15. The largest absolute Gasteiger partial charge is 0.479 e. The van der Waals surface area contributed by atoms with Gasteiger partial charge in [0.05, 0.1) is 42.4 Å². The number of hydrogen-bond acceptors (Lipinski definition) is 16. The highest BCUT2D eigenvalue weighted by atomic mass is 16.8. The second-order valence-electron chi connectivity index (χ2n) is 23.0. The molecule has 0 aromatic rings. The predicted molar refractivity (Wildman–Crippen MR) is 234 cm³/mol. The molecule has 2 aliphatic heterocycles. The zero-order valence-corrected chi connectivity index (χ0v) is 40.3. The Morgan fingerprint density at radius 3 is 2.05 bits per heavy atom. The van der Waals surface area contributed by atoms with Crippen molar-refractivity contribution in [2.45, 2.75) is 201 Å². The molecule has 0 aromatic carbocycles. The van der Waals surface area contributed by atoms with Crippen molar-refractivity contribution >= 4 is 17.7 Å². The highest BCUT2D eigenvalue weighted by Gasteiger charge is 2.76. The van der Waals surface area contributed by atoms with Gasteiger partial charge in [0.25, 0.3) is 0 Å². The summed E-state index contributed by atoms with van der Waals surface area (Å²) >= 11 is 0. The lowest BCUT2D eigenvalue weighted by atomic mass is 9.32. The van der Waals surface area contributed by atoms with Gasteiger partial charge in [-0.05, 0) is 106 Å².